The normalized spacial score (nSPS) is 15.4. The molecule has 1 amide bonds. The van der Waals surface area contributed by atoms with Crippen molar-refractivity contribution in [2.45, 2.75) is 44.5 Å². The van der Waals surface area contributed by atoms with Crippen molar-refractivity contribution in [1.82, 2.24) is 34.0 Å². The second-order valence-corrected chi connectivity index (χ2v) is 9.22. The number of ether oxygens (including phenoxy) is 1. The number of amides is 1. The molecule has 0 radical (unpaired) electrons. The van der Waals surface area contributed by atoms with E-state index < -0.39 is 61.9 Å². The molecule has 0 saturated carbocycles. The molecule has 40 heavy (non-hydrogen) atoms. The third-order valence-corrected chi connectivity index (χ3v) is 6.11. The zero-order valence-electron chi connectivity index (χ0n) is 20.5. The highest BCUT2D eigenvalue weighted by Crippen LogP contribution is 2.24. The molecule has 4 rings (SSSR count). The highest BCUT2D eigenvalue weighted by molar-refractivity contribution is 6.30. The summed E-state index contributed by atoms with van der Waals surface area (Å²) < 4.78 is 85.2. The number of aryl methyl sites for hydroxylation is 1. The van der Waals surface area contributed by atoms with Crippen molar-refractivity contribution in [3.8, 4) is 11.4 Å². The van der Waals surface area contributed by atoms with Crippen LogP contribution in [0.3, 0.4) is 0 Å². The van der Waals surface area contributed by atoms with Gasteiger partial charge in [-0.05, 0) is 24.3 Å². The first-order valence-corrected chi connectivity index (χ1v) is 12.2. The molecule has 3 aromatic rings. The maximum absolute atomic E-state index is 13.1. The van der Waals surface area contributed by atoms with Gasteiger partial charge < -0.3 is 14.7 Å². The Morgan fingerprint density at radius 1 is 1.05 bits per heavy atom. The van der Waals surface area contributed by atoms with E-state index in [1.165, 1.54) is 29.2 Å². The second-order valence-electron chi connectivity index (χ2n) is 8.78. The first-order valence-electron chi connectivity index (χ1n) is 11.8. The summed E-state index contributed by atoms with van der Waals surface area (Å²) in [7, 11) is 0. The first kappa shape index (κ1) is 29.5. The minimum atomic E-state index is -5.04. The average molecular weight is 598 g/mol. The Kier molecular flexibility index (Phi) is 8.55. The summed E-state index contributed by atoms with van der Waals surface area (Å²) in [4.78, 5) is 31.5. The number of aliphatic hydroxyl groups is 1. The van der Waals surface area contributed by atoms with Crippen LogP contribution in [0.2, 0.25) is 5.02 Å². The molecule has 1 unspecified atom stereocenters. The fourth-order valence-electron chi connectivity index (χ4n) is 3.84. The molecule has 11 nitrogen and oxygen atoms in total. The number of carbonyl (C=O) groups is 1. The lowest BCUT2D eigenvalue weighted by Gasteiger charge is -2.26. The average Bonchev–Trinajstić information content (AvgIpc) is 3.43. The van der Waals surface area contributed by atoms with Crippen LogP contribution in [-0.2, 0) is 24.4 Å². The molecule has 1 N–H and O–H groups in total. The quantitative estimate of drug-likeness (QED) is 0.396. The molecule has 2 aromatic heterocycles. The van der Waals surface area contributed by atoms with E-state index in [4.69, 9.17) is 16.3 Å². The molecule has 1 aromatic carbocycles. The molecule has 1 aliphatic heterocycles. The van der Waals surface area contributed by atoms with Gasteiger partial charge in [0.15, 0.2) is 17.8 Å². The number of aliphatic hydroxyl groups excluding tert-OH is 1. The SMILES string of the molecule is O=C(c1nc(Cn2nc(-c3ccc(Cl)cc3)n(CC(O)C(F)(F)F)c2=O)nn1CCC(F)(F)F)N1CCOCC1. The minimum Gasteiger partial charge on any atom is -0.382 e. The Hall–Kier alpha value is -3.44. The number of hydrogen-bond donors (Lipinski definition) is 1. The van der Waals surface area contributed by atoms with Crippen LogP contribution in [0.15, 0.2) is 29.1 Å². The van der Waals surface area contributed by atoms with Crippen LogP contribution in [0.5, 0.6) is 0 Å². The Balaban J connectivity index is 1.71. The Morgan fingerprint density at radius 3 is 2.30 bits per heavy atom. The molecule has 3 heterocycles. The molecule has 0 spiro atoms. The predicted octanol–water partition coefficient (Wildman–Crippen LogP) is 2.35. The maximum atomic E-state index is 13.1. The minimum absolute atomic E-state index is 0.177. The van der Waals surface area contributed by atoms with Crippen molar-refractivity contribution >= 4 is 17.5 Å². The van der Waals surface area contributed by atoms with Gasteiger partial charge in [0.05, 0.1) is 32.7 Å². The van der Waals surface area contributed by atoms with E-state index in [1.54, 1.807) is 0 Å². The Morgan fingerprint density at radius 2 is 1.70 bits per heavy atom. The third-order valence-electron chi connectivity index (χ3n) is 5.86. The molecule has 0 bridgehead atoms. The van der Waals surface area contributed by atoms with Crippen LogP contribution in [0.4, 0.5) is 26.3 Å². The van der Waals surface area contributed by atoms with Crippen LogP contribution < -0.4 is 5.69 Å². The molecule has 1 aliphatic rings. The summed E-state index contributed by atoms with van der Waals surface area (Å²) in [5.74, 6) is -1.62. The number of aromatic nitrogens is 6. The van der Waals surface area contributed by atoms with Gasteiger partial charge in [0.25, 0.3) is 5.91 Å². The van der Waals surface area contributed by atoms with Crippen molar-refractivity contribution in [3.63, 3.8) is 0 Å². The van der Waals surface area contributed by atoms with Crippen LogP contribution in [0.25, 0.3) is 11.4 Å². The van der Waals surface area contributed by atoms with Crippen molar-refractivity contribution in [2.24, 2.45) is 0 Å². The van der Waals surface area contributed by atoms with E-state index in [0.717, 1.165) is 4.68 Å². The van der Waals surface area contributed by atoms with Crippen molar-refractivity contribution in [2.75, 3.05) is 26.3 Å². The number of nitrogens with zero attached hydrogens (tertiary/aromatic N) is 7. The zero-order valence-corrected chi connectivity index (χ0v) is 21.2. The number of benzene rings is 1. The number of carbonyl (C=O) groups excluding carboxylic acids is 1. The van der Waals surface area contributed by atoms with Crippen LogP contribution in [0.1, 0.15) is 22.9 Å². The summed E-state index contributed by atoms with van der Waals surface area (Å²) in [6.07, 6.45) is -13.8. The molecule has 18 heteroatoms. The molecule has 1 saturated heterocycles. The fraction of sp³-hybridized carbons (Fsp3) is 0.500. The van der Waals surface area contributed by atoms with Gasteiger partial charge in [0.1, 0.15) is 6.54 Å². The van der Waals surface area contributed by atoms with E-state index in [0.29, 0.717) is 14.3 Å². The topological polar surface area (TPSA) is 120 Å². The van der Waals surface area contributed by atoms with Crippen LogP contribution in [0, 0.1) is 0 Å². The van der Waals surface area contributed by atoms with Gasteiger partial charge in [-0.15, -0.1) is 5.10 Å². The molecular formula is C22H22ClF6N7O4. The summed E-state index contributed by atoms with van der Waals surface area (Å²) in [5.41, 5.74) is -0.887. The second kappa shape index (κ2) is 11.6. The highest BCUT2D eigenvalue weighted by atomic mass is 35.5. The number of rotatable bonds is 8. The number of morpholine rings is 1. The highest BCUT2D eigenvalue weighted by Gasteiger charge is 2.39. The van der Waals surface area contributed by atoms with Gasteiger partial charge in [-0.3, -0.25) is 9.36 Å². The van der Waals surface area contributed by atoms with Crippen molar-refractivity contribution in [3.05, 3.63) is 51.4 Å². The number of hydrogen-bond acceptors (Lipinski definition) is 7. The van der Waals surface area contributed by atoms with Gasteiger partial charge in [0, 0.05) is 23.7 Å². The zero-order chi connectivity index (χ0) is 29.2. The van der Waals surface area contributed by atoms with Gasteiger partial charge in [-0.25, -0.2) is 19.1 Å². The maximum Gasteiger partial charge on any atom is 0.416 e. The van der Waals surface area contributed by atoms with E-state index >= 15 is 0 Å². The smallest absolute Gasteiger partial charge is 0.382 e. The van der Waals surface area contributed by atoms with Crippen molar-refractivity contribution in [1.29, 1.82) is 0 Å². The van der Waals surface area contributed by atoms with E-state index in [1.807, 2.05) is 0 Å². The molecule has 218 valence electrons. The number of alkyl halides is 6. The standard InChI is InChI=1S/C22H22ClF6N7O4/c23-14-3-1-13(2-4-14)17-32-36(20(39)34(17)11-15(37)22(27,28)29)12-16-30-18(19(38)33-7-9-40-10-8-33)35(31-16)6-5-21(24,25)26/h1-4,15,37H,5-12H2. The van der Waals surface area contributed by atoms with Gasteiger partial charge in [-0.2, -0.15) is 31.4 Å². The monoisotopic (exact) mass is 597 g/mol. The Bertz CT molecular complexity index is 1390. The van der Waals surface area contributed by atoms with Crippen molar-refractivity contribution < 1.29 is 41.0 Å². The molecule has 1 atom stereocenters. The first-order chi connectivity index (χ1) is 18.7. The molecular weight excluding hydrogens is 576 g/mol. The molecule has 0 aliphatic carbocycles. The lowest BCUT2D eigenvalue weighted by molar-refractivity contribution is -0.207. The summed E-state index contributed by atoms with van der Waals surface area (Å²) in [6, 6.07) is 5.62. The van der Waals surface area contributed by atoms with Gasteiger partial charge >= 0.3 is 18.0 Å². The van der Waals surface area contributed by atoms with E-state index in [9.17, 15) is 41.0 Å². The van der Waals surface area contributed by atoms with Gasteiger partial charge in [-0.1, -0.05) is 11.6 Å². The fourth-order valence-corrected chi connectivity index (χ4v) is 3.97. The third kappa shape index (κ3) is 7.00. The Labute approximate surface area is 226 Å². The summed E-state index contributed by atoms with van der Waals surface area (Å²) in [5, 5.41) is 17.9. The summed E-state index contributed by atoms with van der Waals surface area (Å²) in [6.45, 7) is -1.71. The lowest BCUT2D eigenvalue weighted by atomic mass is 10.2. The van der Waals surface area contributed by atoms with Gasteiger partial charge in [0.2, 0.25) is 5.82 Å². The summed E-state index contributed by atoms with van der Waals surface area (Å²) >= 11 is 5.87. The van der Waals surface area contributed by atoms with Crippen LogP contribution in [-0.4, -0.2) is 89.8 Å². The largest absolute Gasteiger partial charge is 0.416 e. The van der Waals surface area contributed by atoms with Crippen LogP contribution >= 0.6 is 11.6 Å². The predicted molar refractivity (Wildman–Crippen MR) is 126 cm³/mol. The lowest BCUT2D eigenvalue weighted by Crippen LogP contribution is -2.42. The number of halogens is 7. The van der Waals surface area contributed by atoms with E-state index in [2.05, 4.69) is 15.2 Å². The molecule has 1 fully saturated rings. The van der Waals surface area contributed by atoms with E-state index in [-0.39, 0.29) is 43.5 Å².